The summed E-state index contributed by atoms with van der Waals surface area (Å²) < 4.78 is 43.1. The highest BCUT2D eigenvalue weighted by Gasteiger charge is 2.45. The van der Waals surface area contributed by atoms with E-state index in [-0.39, 0.29) is 23.5 Å². The Bertz CT molecular complexity index is 1560. The Morgan fingerprint density at radius 3 is 2.22 bits per heavy atom. The minimum Gasteiger partial charge on any atom is -0.508 e. The van der Waals surface area contributed by atoms with Crippen LogP contribution in [-0.4, -0.2) is 17.1 Å². The number of phenolic OH excluding ortho intramolecular Hbond substituents is 1. The van der Waals surface area contributed by atoms with Gasteiger partial charge in [-0.25, -0.2) is 0 Å². The molecule has 5 heteroatoms. The SMILES string of the molecule is Cc1ccc(C2=CC(=O)C(c3ccc(O)cc3)c3ccc4c(c32)CC(C(F)(F)F)c2ccccc2-4)cc1. The molecule has 0 aliphatic heterocycles. The Hall–Kier alpha value is -4.12. The molecule has 2 atom stereocenters. The largest absolute Gasteiger partial charge is 0.508 e. The predicted octanol–water partition coefficient (Wildman–Crippen LogP) is 7.72. The molecule has 0 aromatic heterocycles. The molecular formula is C32H23F3O2. The molecule has 4 aromatic carbocycles. The van der Waals surface area contributed by atoms with Gasteiger partial charge in [0.25, 0.3) is 0 Å². The molecule has 0 spiro atoms. The van der Waals surface area contributed by atoms with Gasteiger partial charge in [0.05, 0.1) is 11.8 Å². The highest BCUT2D eigenvalue weighted by molar-refractivity contribution is 6.10. The third kappa shape index (κ3) is 3.86. The van der Waals surface area contributed by atoms with Gasteiger partial charge in [-0.3, -0.25) is 4.79 Å². The van der Waals surface area contributed by atoms with Crippen molar-refractivity contribution in [2.75, 3.05) is 0 Å². The van der Waals surface area contributed by atoms with Crippen LogP contribution in [0, 0.1) is 6.92 Å². The van der Waals surface area contributed by atoms with Gasteiger partial charge in [0.1, 0.15) is 5.75 Å². The van der Waals surface area contributed by atoms with Crippen molar-refractivity contribution in [3.8, 4) is 16.9 Å². The molecule has 0 fully saturated rings. The fourth-order valence-corrected chi connectivity index (χ4v) is 5.76. The number of halogens is 3. The van der Waals surface area contributed by atoms with Crippen molar-refractivity contribution in [1.29, 1.82) is 0 Å². The Balaban J connectivity index is 1.65. The molecule has 2 aliphatic carbocycles. The molecule has 0 saturated heterocycles. The average molecular weight is 497 g/mol. The van der Waals surface area contributed by atoms with E-state index in [0.717, 1.165) is 16.7 Å². The summed E-state index contributed by atoms with van der Waals surface area (Å²) in [5.41, 5.74) is 6.80. The van der Waals surface area contributed by atoms with Gasteiger partial charge in [-0.1, -0.05) is 78.4 Å². The molecule has 184 valence electrons. The van der Waals surface area contributed by atoms with Crippen LogP contribution < -0.4 is 0 Å². The van der Waals surface area contributed by atoms with Crippen molar-refractivity contribution < 1.29 is 23.1 Å². The number of aromatic hydroxyl groups is 1. The first-order valence-corrected chi connectivity index (χ1v) is 12.2. The number of fused-ring (bicyclic) bond motifs is 5. The van der Waals surface area contributed by atoms with Gasteiger partial charge in [-0.05, 0) is 81.6 Å². The average Bonchev–Trinajstić information content (AvgIpc) is 2.88. The molecule has 6 rings (SSSR count). The van der Waals surface area contributed by atoms with Crippen LogP contribution >= 0.6 is 0 Å². The molecule has 1 N–H and O–H groups in total. The van der Waals surface area contributed by atoms with Gasteiger partial charge in [-0.2, -0.15) is 13.2 Å². The first-order valence-electron chi connectivity index (χ1n) is 12.2. The summed E-state index contributed by atoms with van der Waals surface area (Å²) >= 11 is 0. The third-order valence-corrected chi connectivity index (χ3v) is 7.52. The number of benzene rings is 4. The Morgan fingerprint density at radius 1 is 0.811 bits per heavy atom. The number of hydrogen-bond acceptors (Lipinski definition) is 2. The summed E-state index contributed by atoms with van der Waals surface area (Å²) in [4.78, 5) is 13.6. The lowest BCUT2D eigenvalue weighted by molar-refractivity contribution is -0.150. The number of ketones is 1. The Kier molecular flexibility index (Phi) is 5.34. The van der Waals surface area contributed by atoms with Gasteiger partial charge in [0.15, 0.2) is 5.78 Å². The number of hydrogen-bond donors (Lipinski definition) is 1. The number of phenols is 1. The van der Waals surface area contributed by atoms with Crippen molar-refractivity contribution in [1.82, 2.24) is 0 Å². The van der Waals surface area contributed by atoms with Crippen molar-refractivity contribution in [2.24, 2.45) is 0 Å². The second-order valence-electron chi connectivity index (χ2n) is 9.79. The predicted molar refractivity (Wildman–Crippen MR) is 138 cm³/mol. The maximum Gasteiger partial charge on any atom is 0.396 e. The Labute approximate surface area is 212 Å². The minimum atomic E-state index is -4.41. The minimum absolute atomic E-state index is 0.0817. The second kappa shape index (κ2) is 8.48. The molecule has 0 radical (unpaired) electrons. The molecule has 0 bridgehead atoms. The van der Waals surface area contributed by atoms with Crippen LogP contribution in [0.3, 0.4) is 0 Å². The molecule has 37 heavy (non-hydrogen) atoms. The van der Waals surface area contributed by atoms with Crippen molar-refractivity contribution in [3.05, 3.63) is 130 Å². The number of aryl methyl sites for hydroxylation is 1. The van der Waals surface area contributed by atoms with E-state index in [1.165, 1.54) is 12.1 Å². The zero-order chi connectivity index (χ0) is 25.9. The van der Waals surface area contributed by atoms with E-state index in [0.29, 0.717) is 33.4 Å². The summed E-state index contributed by atoms with van der Waals surface area (Å²) in [6.45, 7) is 1.96. The number of rotatable bonds is 2. The van der Waals surface area contributed by atoms with Crippen LogP contribution in [-0.2, 0) is 11.2 Å². The molecule has 4 aromatic rings. The molecular weight excluding hydrogens is 473 g/mol. The zero-order valence-corrected chi connectivity index (χ0v) is 20.0. The molecule has 0 heterocycles. The lowest BCUT2D eigenvalue weighted by Crippen LogP contribution is -2.28. The summed E-state index contributed by atoms with van der Waals surface area (Å²) in [6, 6.07) is 24.6. The fourth-order valence-electron chi connectivity index (χ4n) is 5.76. The van der Waals surface area contributed by atoms with E-state index in [1.54, 1.807) is 42.5 Å². The van der Waals surface area contributed by atoms with E-state index in [1.807, 2.05) is 43.3 Å². The van der Waals surface area contributed by atoms with Crippen LogP contribution in [0.5, 0.6) is 5.75 Å². The highest BCUT2D eigenvalue weighted by atomic mass is 19.4. The van der Waals surface area contributed by atoms with E-state index in [2.05, 4.69) is 0 Å². The first kappa shape index (κ1) is 23.3. The maximum atomic E-state index is 14.4. The standard InChI is InChI=1S/C32H23F3O2/c1-18-6-8-19(9-7-18)26-17-29(37)30(20-10-12-21(36)13-11-20)25-15-14-23-22-4-2-3-5-24(22)28(32(33,34)35)16-27(23)31(25)26/h2-15,17,28,30,36H,16H2,1H3. The highest BCUT2D eigenvalue weighted by Crippen LogP contribution is 2.51. The molecule has 2 unspecified atom stereocenters. The van der Waals surface area contributed by atoms with Gasteiger partial charge < -0.3 is 5.11 Å². The van der Waals surface area contributed by atoms with E-state index in [9.17, 15) is 23.1 Å². The van der Waals surface area contributed by atoms with Crippen LogP contribution in [0.1, 0.15) is 50.8 Å². The second-order valence-corrected chi connectivity index (χ2v) is 9.79. The molecule has 2 nitrogen and oxygen atoms in total. The summed E-state index contributed by atoms with van der Waals surface area (Å²) in [5.74, 6) is -2.36. The number of alkyl halides is 3. The van der Waals surface area contributed by atoms with Gasteiger partial charge >= 0.3 is 6.18 Å². The smallest absolute Gasteiger partial charge is 0.396 e. The monoisotopic (exact) mass is 496 g/mol. The van der Waals surface area contributed by atoms with Gasteiger partial charge in [-0.15, -0.1) is 0 Å². The lowest BCUT2D eigenvalue weighted by Gasteiger charge is -2.34. The zero-order valence-electron chi connectivity index (χ0n) is 20.0. The van der Waals surface area contributed by atoms with Crippen LogP contribution in [0.25, 0.3) is 16.7 Å². The van der Waals surface area contributed by atoms with Crippen LogP contribution in [0.4, 0.5) is 13.2 Å². The van der Waals surface area contributed by atoms with E-state index < -0.39 is 18.0 Å². The number of allylic oxidation sites excluding steroid dienone is 1. The lowest BCUT2D eigenvalue weighted by atomic mass is 9.69. The molecule has 0 saturated carbocycles. The van der Waals surface area contributed by atoms with E-state index >= 15 is 0 Å². The van der Waals surface area contributed by atoms with Gasteiger partial charge in [0, 0.05) is 0 Å². The number of carbonyl (C=O) groups is 1. The normalized spacial score (nSPS) is 18.5. The Morgan fingerprint density at radius 2 is 1.51 bits per heavy atom. The van der Waals surface area contributed by atoms with E-state index in [4.69, 9.17) is 0 Å². The van der Waals surface area contributed by atoms with Crippen molar-refractivity contribution in [2.45, 2.75) is 31.4 Å². The van der Waals surface area contributed by atoms with Crippen LogP contribution in [0.2, 0.25) is 0 Å². The fraction of sp³-hybridized carbons (Fsp3) is 0.156. The van der Waals surface area contributed by atoms with Crippen LogP contribution in [0.15, 0.2) is 91.0 Å². The number of carbonyl (C=O) groups excluding carboxylic acids is 1. The topological polar surface area (TPSA) is 37.3 Å². The molecule has 0 amide bonds. The third-order valence-electron chi connectivity index (χ3n) is 7.52. The maximum absolute atomic E-state index is 14.4. The first-order chi connectivity index (χ1) is 17.7. The van der Waals surface area contributed by atoms with Crippen molar-refractivity contribution in [3.63, 3.8) is 0 Å². The summed E-state index contributed by atoms with van der Waals surface area (Å²) in [6.07, 6.45) is -3.03. The summed E-state index contributed by atoms with van der Waals surface area (Å²) in [5, 5.41) is 9.78. The van der Waals surface area contributed by atoms with Gasteiger partial charge in [0.2, 0.25) is 0 Å². The summed E-state index contributed by atoms with van der Waals surface area (Å²) in [7, 11) is 0. The quantitative estimate of drug-likeness (QED) is 0.309. The molecule has 2 aliphatic rings. The van der Waals surface area contributed by atoms with Crippen molar-refractivity contribution >= 4 is 11.4 Å².